The largest absolute Gasteiger partial charge is 0.493 e. The number of carbonyl (C=O) groups is 2. The average Bonchev–Trinajstić information content (AvgIpc) is 3.47. The third-order valence-electron chi connectivity index (χ3n) is 5.02. The molecule has 2 aliphatic rings. The van der Waals surface area contributed by atoms with E-state index >= 15 is 0 Å². The lowest BCUT2D eigenvalue weighted by Crippen LogP contribution is -2.28. The lowest BCUT2D eigenvalue weighted by atomic mass is 10.1. The second-order valence-electron chi connectivity index (χ2n) is 7.44. The van der Waals surface area contributed by atoms with E-state index in [2.05, 4.69) is 22.8 Å². The van der Waals surface area contributed by atoms with E-state index in [4.69, 9.17) is 4.74 Å². The third kappa shape index (κ3) is 4.89. The van der Waals surface area contributed by atoms with Gasteiger partial charge in [-0.3, -0.25) is 15.0 Å². The van der Waals surface area contributed by atoms with Gasteiger partial charge in [-0.1, -0.05) is 24.3 Å². The first-order valence-electron chi connectivity index (χ1n) is 9.80. The van der Waals surface area contributed by atoms with Crippen LogP contribution in [0.1, 0.15) is 24.0 Å². The summed E-state index contributed by atoms with van der Waals surface area (Å²) < 4.78 is 5.84. The lowest BCUT2D eigenvalue weighted by molar-refractivity contribution is -0.117. The van der Waals surface area contributed by atoms with Crippen LogP contribution in [0.3, 0.4) is 0 Å². The monoisotopic (exact) mass is 379 g/mol. The number of rotatable bonds is 9. The zero-order valence-electron chi connectivity index (χ0n) is 15.8. The molecule has 0 radical (unpaired) electrons. The molecule has 0 spiro atoms. The minimum atomic E-state index is -0.362. The molecule has 1 saturated carbocycles. The van der Waals surface area contributed by atoms with E-state index in [0.717, 1.165) is 42.5 Å². The first kappa shape index (κ1) is 18.5. The van der Waals surface area contributed by atoms with E-state index in [1.807, 2.05) is 36.4 Å². The summed E-state index contributed by atoms with van der Waals surface area (Å²) in [7, 11) is 0. The zero-order valence-corrected chi connectivity index (χ0v) is 15.8. The number of ether oxygens (including phenoxy) is 1. The highest BCUT2D eigenvalue weighted by Gasteiger charge is 2.27. The average molecular weight is 379 g/mol. The summed E-state index contributed by atoms with van der Waals surface area (Å²) in [4.78, 5) is 24.6. The molecule has 1 saturated heterocycles. The quantitative estimate of drug-likeness (QED) is 0.519. The van der Waals surface area contributed by atoms with Gasteiger partial charge in [0.2, 0.25) is 5.91 Å². The van der Waals surface area contributed by atoms with E-state index in [1.165, 1.54) is 23.3 Å². The standard InChI is InChI=1S/C22H25N3O3/c26-21-14-25(22(27)24-21)19-5-1-4-18(11-19)13-23-10-9-16-3-2-6-20(12-16)28-15-17-7-8-17/h1-6,11-12,17,23H,7-10,13-15H2,(H,24,26,27). The maximum absolute atomic E-state index is 11.8. The molecule has 2 N–H and O–H groups in total. The molecule has 3 amide bonds. The van der Waals surface area contributed by atoms with Crippen molar-refractivity contribution in [2.75, 3.05) is 24.6 Å². The van der Waals surface area contributed by atoms with Crippen LogP contribution in [-0.2, 0) is 17.8 Å². The number of benzene rings is 2. The normalized spacial score (nSPS) is 16.4. The van der Waals surface area contributed by atoms with Gasteiger partial charge in [-0.05, 0) is 67.1 Å². The molecule has 6 heteroatoms. The Kier molecular flexibility index (Phi) is 5.58. The Bertz CT molecular complexity index is 864. The van der Waals surface area contributed by atoms with Crippen molar-refractivity contribution in [1.82, 2.24) is 10.6 Å². The molecule has 0 unspecified atom stereocenters. The predicted octanol–water partition coefficient (Wildman–Crippen LogP) is 2.86. The Morgan fingerprint density at radius 2 is 1.89 bits per heavy atom. The van der Waals surface area contributed by atoms with Gasteiger partial charge < -0.3 is 10.1 Å². The molecule has 1 aliphatic carbocycles. The second-order valence-corrected chi connectivity index (χ2v) is 7.44. The predicted molar refractivity (Wildman–Crippen MR) is 107 cm³/mol. The molecule has 2 fully saturated rings. The molecular weight excluding hydrogens is 354 g/mol. The fraction of sp³-hybridized carbons (Fsp3) is 0.364. The number of imide groups is 1. The van der Waals surface area contributed by atoms with E-state index < -0.39 is 0 Å². The molecule has 28 heavy (non-hydrogen) atoms. The third-order valence-corrected chi connectivity index (χ3v) is 5.02. The first-order valence-corrected chi connectivity index (χ1v) is 9.80. The van der Waals surface area contributed by atoms with Crippen LogP contribution in [-0.4, -0.2) is 31.6 Å². The number of nitrogens with zero attached hydrogens (tertiary/aromatic N) is 1. The summed E-state index contributed by atoms with van der Waals surface area (Å²) in [5.74, 6) is 1.44. The highest BCUT2D eigenvalue weighted by Crippen LogP contribution is 2.29. The number of urea groups is 1. The number of anilines is 1. The van der Waals surface area contributed by atoms with Crippen molar-refractivity contribution in [2.45, 2.75) is 25.8 Å². The molecule has 4 rings (SSSR count). The molecule has 0 atom stereocenters. The number of amides is 3. The Labute approximate surface area is 164 Å². The van der Waals surface area contributed by atoms with Gasteiger partial charge in [0.05, 0.1) is 6.61 Å². The van der Waals surface area contributed by atoms with Crippen molar-refractivity contribution < 1.29 is 14.3 Å². The van der Waals surface area contributed by atoms with Crippen molar-refractivity contribution in [3.63, 3.8) is 0 Å². The van der Waals surface area contributed by atoms with Gasteiger partial charge in [-0.25, -0.2) is 4.79 Å². The van der Waals surface area contributed by atoms with E-state index in [-0.39, 0.29) is 18.5 Å². The molecule has 6 nitrogen and oxygen atoms in total. The number of hydrogen-bond donors (Lipinski definition) is 2. The van der Waals surface area contributed by atoms with Crippen LogP contribution >= 0.6 is 0 Å². The van der Waals surface area contributed by atoms with Crippen LogP contribution in [0.5, 0.6) is 5.75 Å². The van der Waals surface area contributed by atoms with Crippen LogP contribution in [0, 0.1) is 5.92 Å². The summed E-state index contributed by atoms with van der Waals surface area (Å²) in [6.45, 7) is 2.46. The maximum Gasteiger partial charge on any atom is 0.329 e. The van der Waals surface area contributed by atoms with Crippen molar-refractivity contribution in [1.29, 1.82) is 0 Å². The zero-order chi connectivity index (χ0) is 19.3. The summed E-state index contributed by atoms with van der Waals surface area (Å²) in [5.41, 5.74) is 3.07. The van der Waals surface area contributed by atoms with Crippen LogP contribution in [0.15, 0.2) is 48.5 Å². The van der Waals surface area contributed by atoms with E-state index in [1.54, 1.807) is 0 Å². The fourth-order valence-electron chi connectivity index (χ4n) is 3.24. The maximum atomic E-state index is 11.8. The summed E-state index contributed by atoms with van der Waals surface area (Å²) in [6.07, 6.45) is 3.51. The minimum Gasteiger partial charge on any atom is -0.493 e. The van der Waals surface area contributed by atoms with Crippen molar-refractivity contribution in [2.24, 2.45) is 5.92 Å². The van der Waals surface area contributed by atoms with Crippen LogP contribution in [0.2, 0.25) is 0 Å². The van der Waals surface area contributed by atoms with Crippen molar-refractivity contribution >= 4 is 17.6 Å². The van der Waals surface area contributed by atoms with Gasteiger partial charge in [-0.2, -0.15) is 0 Å². The van der Waals surface area contributed by atoms with Gasteiger partial charge in [0.15, 0.2) is 0 Å². The van der Waals surface area contributed by atoms with E-state index in [9.17, 15) is 9.59 Å². The van der Waals surface area contributed by atoms with Gasteiger partial charge in [0, 0.05) is 12.2 Å². The fourth-order valence-corrected chi connectivity index (χ4v) is 3.24. The molecule has 0 aromatic heterocycles. The Morgan fingerprint density at radius 1 is 1.07 bits per heavy atom. The molecule has 1 heterocycles. The minimum absolute atomic E-state index is 0.0782. The number of carbonyl (C=O) groups excluding carboxylic acids is 2. The molecular formula is C22H25N3O3. The van der Waals surface area contributed by atoms with Crippen molar-refractivity contribution in [3.8, 4) is 5.75 Å². The Hall–Kier alpha value is -2.86. The molecule has 0 bridgehead atoms. The Morgan fingerprint density at radius 3 is 2.68 bits per heavy atom. The van der Waals surface area contributed by atoms with Crippen LogP contribution in [0.25, 0.3) is 0 Å². The van der Waals surface area contributed by atoms with Gasteiger partial charge in [-0.15, -0.1) is 0 Å². The topological polar surface area (TPSA) is 70.7 Å². The van der Waals surface area contributed by atoms with E-state index in [0.29, 0.717) is 6.54 Å². The molecule has 1 aliphatic heterocycles. The van der Waals surface area contributed by atoms with Crippen LogP contribution < -0.4 is 20.3 Å². The SMILES string of the molecule is O=C1CN(c2cccc(CNCCc3cccc(OCC4CC4)c3)c2)C(=O)N1. The molecule has 2 aromatic carbocycles. The molecule has 146 valence electrons. The summed E-state index contributed by atoms with van der Waals surface area (Å²) >= 11 is 0. The summed E-state index contributed by atoms with van der Waals surface area (Å²) in [5, 5.41) is 5.74. The highest BCUT2D eigenvalue weighted by molar-refractivity contribution is 6.12. The molecule has 2 aromatic rings. The second kappa shape index (κ2) is 8.44. The number of hydrogen-bond acceptors (Lipinski definition) is 4. The first-order chi connectivity index (χ1) is 13.7. The lowest BCUT2D eigenvalue weighted by Gasteiger charge is -2.14. The highest BCUT2D eigenvalue weighted by atomic mass is 16.5. The van der Waals surface area contributed by atoms with Crippen molar-refractivity contribution in [3.05, 3.63) is 59.7 Å². The van der Waals surface area contributed by atoms with Gasteiger partial charge in [0.1, 0.15) is 12.3 Å². The number of nitrogens with one attached hydrogen (secondary N) is 2. The van der Waals surface area contributed by atoms with Crippen LogP contribution in [0.4, 0.5) is 10.5 Å². The van der Waals surface area contributed by atoms with Gasteiger partial charge in [0.25, 0.3) is 0 Å². The Balaban J connectivity index is 1.25. The van der Waals surface area contributed by atoms with Gasteiger partial charge >= 0.3 is 6.03 Å². The summed E-state index contributed by atoms with van der Waals surface area (Å²) in [6, 6.07) is 15.6. The smallest absolute Gasteiger partial charge is 0.329 e.